The predicted molar refractivity (Wildman–Crippen MR) is 43.9 cm³/mol. The summed E-state index contributed by atoms with van der Waals surface area (Å²) < 4.78 is 0. The van der Waals surface area contributed by atoms with E-state index in [9.17, 15) is 0 Å². The van der Waals surface area contributed by atoms with Gasteiger partial charge in [-0.1, -0.05) is 13.8 Å². The van der Waals surface area contributed by atoms with Crippen molar-refractivity contribution < 1.29 is 0 Å². The Balaban J connectivity index is 2.05. The highest BCUT2D eigenvalue weighted by atomic mass is 15.3. The molecule has 0 amide bonds. The molecule has 0 aromatic rings. The molecule has 0 bridgehead atoms. The Morgan fingerprint density at radius 1 is 1.60 bits per heavy atom. The van der Waals surface area contributed by atoms with Crippen LogP contribution in [0.25, 0.3) is 0 Å². The van der Waals surface area contributed by atoms with E-state index >= 15 is 0 Å². The molecule has 0 aliphatic carbocycles. The van der Waals surface area contributed by atoms with Gasteiger partial charge in [0.1, 0.15) is 0 Å². The summed E-state index contributed by atoms with van der Waals surface area (Å²) in [6.45, 7) is 6.77. The van der Waals surface area contributed by atoms with Gasteiger partial charge < -0.3 is 5.73 Å². The lowest BCUT2D eigenvalue weighted by molar-refractivity contribution is 0.439. The molecule has 2 nitrogen and oxygen atoms in total. The highest BCUT2D eigenvalue weighted by Gasteiger charge is 2.32. The maximum absolute atomic E-state index is 5.79. The van der Waals surface area contributed by atoms with Crippen molar-refractivity contribution in [3.63, 3.8) is 0 Å². The minimum Gasteiger partial charge on any atom is -0.327 e. The molecule has 0 aromatic heterocycles. The van der Waals surface area contributed by atoms with Gasteiger partial charge in [0.05, 0.1) is 0 Å². The molecule has 10 heavy (non-hydrogen) atoms. The SMILES string of the molecule is CCC(N)CN1CC1CC. The average molecular weight is 142 g/mol. The lowest BCUT2D eigenvalue weighted by Crippen LogP contribution is -2.28. The summed E-state index contributed by atoms with van der Waals surface area (Å²) in [5.41, 5.74) is 5.79. The zero-order valence-corrected chi connectivity index (χ0v) is 7.01. The van der Waals surface area contributed by atoms with E-state index in [0.717, 1.165) is 19.0 Å². The van der Waals surface area contributed by atoms with Crippen molar-refractivity contribution in [3.05, 3.63) is 0 Å². The topological polar surface area (TPSA) is 29.0 Å². The van der Waals surface area contributed by atoms with Gasteiger partial charge in [0.2, 0.25) is 0 Å². The Morgan fingerprint density at radius 3 is 2.70 bits per heavy atom. The van der Waals surface area contributed by atoms with Crippen LogP contribution in [0.4, 0.5) is 0 Å². The van der Waals surface area contributed by atoms with Crippen molar-refractivity contribution >= 4 is 0 Å². The fraction of sp³-hybridized carbons (Fsp3) is 1.00. The van der Waals surface area contributed by atoms with Crippen LogP contribution in [0, 0.1) is 0 Å². The van der Waals surface area contributed by atoms with Gasteiger partial charge >= 0.3 is 0 Å². The van der Waals surface area contributed by atoms with Crippen LogP contribution in [-0.4, -0.2) is 30.1 Å². The zero-order valence-electron chi connectivity index (χ0n) is 7.01. The van der Waals surface area contributed by atoms with Crippen LogP contribution < -0.4 is 5.73 Å². The van der Waals surface area contributed by atoms with Gasteiger partial charge in [-0.25, -0.2) is 0 Å². The van der Waals surface area contributed by atoms with Gasteiger partial charge in [-0.15, -0.1) is 0 Å². The van der Waals surface area contributed by atoms with E-state index in [1.165, 1.54) is 13.0 Å². The summed E-state index contributed by atoms with van der Waals surface area (Å²) in [5.74, 6) is 0. The molecule has 1 fully saturated rings. The van der Waals surface area contributed by atoms with Crippen LogP contribution >= 0.6 is 0 Å². The Labute approximate surface area is 63.4 Å². The highest BCUT2D eigenvalue weighted by molar-refractivity contribution is 4.89. The number of hydrogen-bond donors (Lipinski definition) is 1. The summed E-state index contributed by atoms with van der Waals surface area (Å²) in [6, 6.07) is 1.26. The Kier molecular flexibility index (Phi) is 2.69. The summed E-state index contributed by atoms with van der Waals surface area (Å²) in [4.78, 5) is 2.45. The molecule has 1 heterocycles. The van der Waals surface area contributed by atoms with Gasteiger partial charge in [-0.2, -0.15) is 0 Å². The maximum atomic E-state index is 5.79. The molecule has 0 spiro atoms. The first-order chi connectivity index (χ1) is 4.77. The standard InChI is InChI=1S/C8H18N2/c1-3-7(9)5-10-6-8(10)4-2/h7-8H,3-6,9H2,1-2H3. The van der Waals surface area contributed by atoms with Crippen LogP contribution in [0.2, 0.25) is 0 Å². The molecule has 1 saturated heterocycles. The fourth-order valence-electron chi connectivity index (χ4n) is 1.26. The molecule has 1 aliphatic heterocycles. The molecule has 0 radical (unpaired) electrons. The summed E-state index contributed by atoms with van der Waals surface area (Å²) in [5, 5.41) is 0. The third-order valence-electron chi connectivity index (χ3n) is 2.29. The third kappa shape index (κ3) is 1.96. The van der Waals surface area contributed by atoms with E-state index < -0.39 is 0 Å². The van der Waals surface area contributed by atoms with Crippen molar-refractivity contribution in [1.29, 1.82) is 0 Å². The fourth-order valence-corrected chi connectivity index (χ4v) is 1.26. The first-order valence-corrected chi connectivity index (χ1v) is 4.27. The van der Waals surface area contributed by atoms with Crippen molar-refractivity contribution in [3.8, 4) is 0 Å². The molecular weight excluding hydrogens is 124 g/mol. The smallest absolute Gasteiger partial charge is 0.0222 e. The second kappa shape index (κ2) is 3.35. The lowest BCUT2D eigenvalue weighted by atomic mass is 10.2. The van der Waals surface area contributed by atoms with Gasteiger partial charge in [-0.05, 0) is 12.8 Å². The van der Waals surface area contributed by atoms with Crippen molar-refractivity contribution in [2.24, 2.45) is 5.73 Å². The molecule has 0 saturated carbocycles. The molecule has 60 valence electrons. The van der Waals surface area contributed by atoms with E-state index in [2.05, 4.69) is 18.7 Å². The average Bonchev–Trinajstić information content (AvgIpc) is 2.67. The van der Waals surface area contributed by atoms with E-state index in [1.807, 2.05) is 0 Å². The molecule has 2 N–H and O–H groups in total. The molecular formula is C8H18N2. The number of rotatable bonds is 4. The number of hydrogen-bond acceptors (Lipinski definition) is 2. The second-order valence-corrected chi connectivity index (χ2v) is 3.18. The lowest BCUT2D eigenvalue weighted by Gasteiger charge is -2.08. The minimum atomic E-state index is 0.400. The molecule has 1 rings (SSSR count). The van der Waals surface area contributed by atoms with Gasteiger partial charge in [-0.3, -0.25) is 4.90 Å². The van der Waals surface area contributed by atoms with E-state index in [1.54, 1.807) is 0 Å². The van der Waals surface area contributed by atoms with Crippen molar-refractivity contribution in [2.45, 2.75) is 38.8 Å². The van der Waals surface area contributed by atoms with Crippen LogP contribution in [0.5, 0.6) is 0 Å². The Hall–Kier alpha value is -0.0800. The third-order valence-corrected chi connectivity index (χ3v) is 2.29. The summed E-state index contributed by atoms with van der Waals surface area (Å²) in [7, 11) is 0. The normalized spacial score (nSPS) is 33.9. The van der Waals surface area contributed by atoms with Gasteiger partial charge in [0.15, 0.2) is 0 Å². The second-order valence-electron chi connectivity index (χ2n) is 3.18. The van der Waals surface area contributed by atoms with Gasteiger partial charge in [0.25, 0.3) is 0 Å². The summed E-state index contributed by atoms with van der Waals surface area (Å²) >= 11 is 0. The largest absolute Gasteiger partial charge is 0.327 e. The Morgan fingerprint density at radius 2 is 2.30 bits per heavy atom. The predicted octanol–water partition coefficient (Wildman–Crippen LogP) is 0.818. The Bertz CT molecular complexity index is 103. The quantitative estimate of drug-likeness (QED) is 0.589. The van der Waals surface area contributed by atoms with E-state index in [4.69, 9.17) is 5.73 Å². The first-order valence-electron chi connectivity index (χ1n) is 4.27. The van der Waals surface area contributed by atoms with Crippen LogP contribution in [0.1, 0.15) is 26.7 Å². The number of nitrogens with two attached hydrogens (primary N) is 1. The van der Waals surface area contributed by atoms with Crippen LogP contribution in [-0.2, 0) is 0 Å². The monoisotopic (exact) mass is 142 g/mol. The van der Waals surface area contributed by atoms with Gasteiger partial charge in [0, 0.05) is 25.2 Å². The van der Waals surface area contributed by atoms with Crippen LogP contribution in [0.3, 0.4) is 0 Å². The molecule has 2 heteroatoms. The van der Waals surface area contributed by atoms with Crippen LogP contribution in [0.15, 0.2) is 0 Å². The molecule has 3 unspecified atom stereocenters. The maximum Gasteiger partial charge on any atom is 0.0222 e. The highest BCUT2D eigenvalue weighted by Crippen LogP contribution is 2.19. The van der Waals surface area contributed by atoms with E-state index in [0.29, 0.717) is 6.04 Å². The van der Waals surface area contributed by atoms with Crippen molar-refractivity contribution in [2.75, 3.05) is 13.1 Å². The first kappa shape index (κ1) is 8.02. The number of nitrogens with zero attached hydrogens (tertiary/aromatic N) is 1. The summed E-state index contributed by atoms with van der Waals surface area (Å²) in [6.07, 6.45) is 2.39. The van der Waals surface area contributed by atoms with E-state index in [-0.39, 0.29) is 0 Å². The molecule has 1 aliphatic rings. The zero-order chi connectivity index (χ0) is 7.56. The minimum absolute atomic E-state index is 0.400. The molecule has 0 aromatic carbocycles. The molecule has 3 atom stereocenters. The van der Waals surface area contributed by atoms with Crippen molar-refractivity contribution in [1.82, 2.24) is 4.90 Å².